The van der Waals surface area contributed by atoms with Crippen LogP contribution in [0.3, 0.4) is 0 Å². The zero-order chi connectivity index (χ0) is 20.2. The molecule has 27 heavy (non-hydrogen) atoms. The van der Waals surface area contributed by atoms with E-state index in [1.165, 1.54) is 4.90 Å². The lowest BCUT2D eigenvalue weighted by Gasteiger charge is -2.40. The molecule has 1 aliphatic rings. The normalized spacial score (nSPS) is 21.4. The number of likely N-dealkylation sites (tertiary alicyclic amines) is 1. The van der Waals surface area contributed by atoms with Crippen molar-refractivity contribution in [2.75, 3.05) is 6.54 Å². The monoisotopic (exact) mass is 383 g/mol. The SMILES string of the molecule is CC(C)(C)OC(=O)NC1CCC(C(F)(F)F)N(Cc2cccc(C#N)c2)C1. The minimum atomic E-state index is -4.36. The van der Waals surface area contributed by atoms with E-state index in [9.17, 15) is 18.0 Å². The van der Waals surface area contributed by atoms with Crippen LogP contribution in [0.5, 0.6) is 0 Å². The van der Waals surface area contributed by atoms with Gasteiger partial charge in [-0.25, -0.2) is 4.79 Å². The molecule has 0 radical (unpaired) electrons. The predicted octanol–water partition coefficient (Wildman–Crippen LogP) is 3.98. The Morgan fingerprint density at radius 1 is 1.33 bits per heavy atom. The van der Waals surface area contributed by atoms with Gasteiger partial charge in [0, 0.05) is 19.1 Å². The maximum Gasteiger partial charge on any atom is 0.407 e. The van der Waals surface area contributed by atoms with Crippen LogP contribution in [0.4, 0.5) is 18.0 Å². The number of alkyl carbamates (subject to hydrolysis) is 1. The Bertz CT molecular complexity index is 707. The predicted molar refractivity (Wildman–Crippen MR) is 93.8 cm³/mol. The lowest BCUT2D eigenvalue weighted by molar-refractivity contribution is -0.194. The van der Waals surface area contributed by atoms with Crippen molar-refractivity contribution in [3.05, 3.63) is 35.4 Å². The van der Waals surface area contributed by atoms with Crippen LogP contribution in [-0.2, 0) is 11.3 Å². The molecule has 1 saturated heterocycles. The number of nitrogens with zero attached hydrogens (tertiary/aromatic N) is 2. The number of nitrogens with one attached hydrogen (secondary N) is 1. The van der Waals surface area contributed by atoms with Crippen LogP contribution in [0.2, 0.25) is 0 Å². The summed E-state index contributed by atoms with van der Waals surface area (Å²) < 4.78 is 45.5. The number of alkyl halides is 3. The van der Waals surface area contributed by atoms with Gasteiger partial charge in [-0.1, -0.05) is 12.1 Å². The van der Waals surface area contributed by atoms with Crippen molar-refractivity contribution in [3.8, 4) is 6.07 Å². The third kappa shape index (κ3) is 6.43. The standard InChI is InChI=1S/C19H24F3N3O2/c1-18(2,3)27-17(26)24-15-7-8-16(19(20,21)22)25(12-15)11-14-6-4-5-13(9-14)10-23/h4-6,9,15-16H,7-8,11-12H2,1-3H3,(H,24,26). The number of carbonyl (C=O) groups excluding carboxylic acids is 1. The third-order valence-electron chi connectivity index (χ3n) is 4.22. The number of hydrogen-bond donors (Lipinski definition) is 1. The van der Waals surface area contributed by atoms with Gasteiger partial charge < -0.3 is 10.1 Å². The number of ether oxygens (including phenoxy) is 1. The summed E-state index contributed by atoms with van der Waals surface area (Å²) in [5.74, 6) is 0. The highest BCUT2D eigenvalue weighted by Gasteiger charge is 2.46. The molecule has 0 saturated carbocycles. The molecule has 8 heteroatoms. The first-order valence-corrected chi connectivity index (χ1v) is 8.77. The van der Waals surface area contributed by atoms with E-state index in [1.807, 2.05) is 6.07 Å². The van der Waals surface area contributed by atoms with Crippen LogP contribution in [0.15, 0.2) is 24.3 Å². The van der Waals surface area contributed by atoms with Crippen LogP contribution >= 0.6 is 0 Å². The van der Waals surface area contributed by atoms with Crippen molar-refractivity contribution >= 4 is 6.09 Å². The second kappa shape index (κ2) is 8.17. The first-order valence-electron chi connectivity index (χ1n) is 8.77. The molecule has 0 aromatic heterocycles. The first kappa shape index (κ1) is 21.0. The Morgan fingerprint density at radius 3 is 2.63 bits per heavy atom. The van der Waals surface area contributed by atoms with Gasteiger partial charge in [0.1, 0.15) is 11.6 Å². The quantitative estimate of drug-likeness (QED) is 0.858. The lowest BCUT2D eigenvalue weighted by atomic mass is 9.96. The van der Waals surface area contributed by atoms with Gasteiger partial charge in [0.2, 0.25) is 0 Å². The summed E-state index contributed by atoms with van der Waals surface area (Å²) in [5.41, 5.74) is 0.350. The average molecular weight is 383 g/mol. The van der Waals surface area contributed by atoms with Crippen LogP contribution in [0, 0.1) is 11.3 Å². The molecular weight excluding hydrogens is 359 g/mol. The van der Waals surface area contributed by atoms with E-state index < -0.39 is 30.0 Å². The Labute approximate surface area is 157 Å². The second-order valence-electron chi connectivity index (χ2n) is 7.72. The van der Waals surface area contributed by atoms with E-state index in [-0.39, 0.29) is 25.9 Å². The first-order chi connectivity index (χ1) is 12.5. The fourth-order valence-corrected chi connectivity index (χ4v) is 3.15. The summed E-state index contributed by atoms with van der Waals surface area (Å²) in [6.07, 6.45) is -4.88. The topological polar surface area (TPSA) is 65.4 Å². The number of halogens is 3. The molecule has 0 bridgehead atoms. The zero-order valence-electron chi connectivity index (χ0n) is 15.6. The number of rotatable bonds is 3. The van der Waals surface area contributed by atoms with Gasteiger partial charge in [0.05, 0.1) is 11.6 Å². The molecule has 0 spiro atoms. The average Bonchev–Trinajstić information content (AvgIpc) is 2.52. The molecular formula is C19H24F3N3O2. The molecule has 5 nitrogen and oxygen atoms in total. The number of hydrogen-bond acceptors (Lipinski definition) is 4. The van der Waals surface area contributed by atoms with E-state index >= 15 is 0 Å². The number of piperidine rings is 1. The molecule has 2 unspecified atom stereocenters. The summed E-state index contributed by atoms with van der Waals surface area (Å²) in [6, 6.07) is 6.50. The molecule has 1 aromatic carbocycles. The summed E-state index contributed by atoms with van der Waals surface area (Å²) in [7, 11) is 0. The molecule has 1 N–H and O–H groups in total. The van der Waals surface area contributed by atoms with Crippen molar-refractivity contribution < 1.29 is 22.7 Å². The Balaban J connectivity index is 2.11. The van der Waals surface area contributed by atoms with Gasteiger partial charge >= 0.3 is 12.3 Å². The molecule has 1 aromatic rings. The van der Waals surface area contributed by atoms with Gasteiger partial charge in [-0.15, -0.1) is 0 Å². The highest BCUT2D eigenvalue weighted by molar-refractivity contribution is 5.68. The van der Waals surface area contributed by atoms with Crippen molar-refractivity contribution in [1.82, 2.24) is 10.2 Å². The van der Waals surface area contributed by atoms with Crippen molar-refractivity contribution in [3.63, 3.8) is 0 Å². The van der Waals surface area contributed by atoms with Gasteiger partial charge in [-0.2, -0.15) is 18.4 Å². The third-order valence-corrected chi connectivity index (χ3v) is 4.22. The highest BCUT2D eigenvalue weighted by Crippen LogP contribution is 2.33. The molecule has 2 atom stereocenters. The Morgan fingerprint density at radius 2 is 2.04 bits per heavy atom. The maximum atomic E-state index is 13.4. The van der Waals surface area contributed by atoms with Crippen LogP contribution in [-0.4, -0.2) is 41.4 Å². The number of benzene rings is 1. The fraction of sp³-hybridized carbons (Fsp3) is 0.579. The molecule has 1 aliphatic heterocycles. The molecule has 148 valence electrons. The number of carbonyl (C=O) groups is 1. The van der Waals surface area contributed by atoms with Gasteiger partial charge in [-0.3, -0.25) is 4.90 Å². The Kier molecular flexibility index (Phi) is 6.37. The summed E-state index contributed by atoms with van der Waals surface area (Å²) in [5, 5.41) is 11.6. The van der Waals surface area contributed by atoms with Crippen LogP contribution in [0.1, 0.15) is 44.7 Å². The zero-order valence-corrected chi connectivity index (χ0v) is 15.6. The summed E-state index contributed by atoms with van der Waals surface area (Å²) >= 11 is 0. The fourth-order valence-electron chi connectivity index (χ4n) is 3.15. The minimum absolute atomic E-state index is 0.0478. The lowest BCUT2D eigenvalue weighted by Crippen LogP contribution is -2.56. The van der Waals surface area contributed by atoms with Gasteiger partial charge in [0.25, 0.3) is 0 Å². The van der Waals surface area contributed by atoms with E-state index in [2.05, 4.69) is 5.32 Å². The molecule has 0 aliphatic carbocycles. The van der Waals surface area contributed by atoms with Crippen molar-refractivity contribution in [2.24, 2.45) is 0 Å². The largest absolute Gasteiger partial charge is 0.444 e. The smallest absolute Gasteiger partial charge is 0.407 e. The molecule has 2 rings (SSSR count). The van der Waals surface area contributed by atoms with Crippen molar-refractivity contribution in [2.45, 2.75) is 64.0 Å². The van der Waals surface area contributed by atoms with E-state index in [1.54, 1.807) is 45.0 Å². The Hall–Kier alpha value is -2.27. The number of nitriles is 1. The second-order valence-corrected chi connectivity index (χ2v) is 7.72. The molecule has 1 fully saturated rings. The van der Waals surface area contributed by atoms with Gasteiger partial charge in [0.15, 0.2) is 0 Å². The van der Waals surface area contributed by atoms with E-state index in [0.717, 1.165) is 0 Å². The summed E-state index contributed by atoms with van der Waals surface area (Å²) in [6.45, 7) is 5.28. The molecule has 1 amide bonds. The van der Waals surface area contributed by atoms with Crippen LogP contribution < -0.4 is 5.32 Å². The summed E-state index contributed by atoms with van der Waals surface area (Å²) in [4.78, 5) is 13.3. The highest BCUT2D eigenvalue weighted by atomic mass is 19.4. The maximum absolute atomic E-state index is 13.4. The van der Waals surface area contributed by atoms with Crippen molar-refractivity contribution in [1.29, 1.82) is 5.26 Å². The van der Waals surface area contributed by atoms with E-state index in [4.69, 9.17) is 10.00 Å². The van der Waals surface area contributed by atoms with Gasteiger partial charge in [-0.05, 0) is 51.3 Å². The van der Waals surface area contributed by atoms with E-state index in [0.29, 0.717) is 11.1 Å². The number of amides is 1. The minimum Gasteiger partial charge on any atom is -0.444 e. The molecule has 1 heterocycles. The van der Waals surface area contributed by atoms with Crippen LogP contribution in [0.25, 0.3) is 0 Å².